The third-order valence-electron chi connectivity index (χ3n) is 2.96. The van der Waals surface area contributed by atoms with Crippen molar-refractivity contribution in [3.63, 3.8) is 0 Å². The number of esters is 1. The lowest BCUT2D eigenvalue weighted by atomic mass is 10.1. The lowest BCUT2D eigenvalue weighted by Gasteiger charge is -2.07. The molecule has 21 heavy (non-hydrogen) atoms. The summed E-state index contributed by atoms with van der Waals surface area (Å²) in [6.07, 6.45) is 4.41. The molecular formula is C16H16N2O3. The van der Waals surface area contributed by atoms with E-state index in [1.54, 1.807) is 36.7 Å². The third-order valence-corrected chi connectivity index (χ3v) is 2.96. The van der Waals surface area contributed by atoms with Gasteiger partial charge in [0, 0.05) is 24.5 Å². The summed E-state index contributed by atoms with van der Waals surface area (Å²) in [6.45, 7) is 0. The van der Waals surface area contributed by atoms with Gasteiger partial charge >= 0.3 is 5.97 Å². The van der Waals surface area contributed by atoms with Gasteiger partial charge in [0.15, 0.2) is 0 Å². The van der Waals surface area contributed by atoms with Crippen LogP contribution < -0.4 is 5.32 Å². The molecule has 1 aromatic heterocycles. The summed E-state index contributed by atoms with van der Waals surface area (Å²) in [5.74, 6) is -0.531. The fourth-order valence-corrected chi connectivity index (χ4v) is 1.87. The Kier molecular flexibility index (Phi) is 5.04. The number of benzene rings is 1. The van der Waals surface area contributed by atoms with E-state index in [9.17, 15) is 9.59 Å². The zero-order chi connectivity index (χ0) is 15.1. The number of aryl methyl sites for hydroxylation is 1. The molecule has 1 amide bonds. The molecule has 0 saturated carbocycles. The van der Waals surface area contributed by atoms with Crippen molar-refractivity contribution in [3.8, 4) is 0 Å². The zero-order valence-electron chi connectivity index (χ0n) is 11.7. The van der Waals surface area contributed by atoms with Crippen LogP contribution in [-0.2, 0) is 16.0 Å². The lowest BCUT2D eigenvalue weighted by Crippen LogP contribution is -2.13. The van der Waals surface area contributed by atoms with Crippen LogP contribution >= 0.6 is 0 Å². The van der Waals surface area contributed by atoms with Crippen LogP contribution in [0.2, 0.25) is 0 Å². The van der Waals surface area contributed by atoms with E-state index in [0.717, 1.165) is 5.56 Å². The molecule has 0 saturated heterocycles. The van der Waals surface area contributed by atoms with Gasteiger partial charge in [-0.15, -0.1) is 0 Å². The molecule has 1 aromatic carbocycles. The fraction of sp³-hybridized carbons (Fsp3) is 0.188. The Balaban J connectivity index is 1.92. The zero-order valence-corrected chi connectivity index (χ0v) is 11.7. The summed E-state index contributed by atoms with van der Waals surface area (Å²) in [6, 6.07) is 10.4. The first-order valence-electron chi connectivity index (χ1n) is 6.56. The molecular weight excluding hydrogens is 268 g/mol. The number of amides is 1. The predicted octanol–water partition coefficient (Wildman–Crippen LogP) is 2.44. The van der Waals surface area contributed by atoms with Crippen molar-refractivity contribution >= 4 is 17.6 Å². The largest absolute Gasteiger partial charge is 0.465 e. The van der Waals surface area contributed by atoms with Crippen molar-refractivity contribution in [2.45, 2.75) is 12.8 Å². The van der Waals surface area contributed by atoms with Crippen LogP contribution in [0.1, 0.15) is 22.3 Å². The van der Waals surface area contributed by atoms with Gasteiger partial charge in [0.05, 0.1) is 12.7 Å². The van der Waals surface area contributed by atoms with Crippen LogP contribution in [-0.4, -0.2) is 24.0 Å². The number of aromatic nitrogens is 1. The average molecular weight is 284 g/mol. The maximum atomic E-state index is 11.9. The molecule has 1 heterocycles. The van der Waals surface area contributed by atoms with E-state index >= 15 is 0 Å². The van der Waals surface area contributed by atoms with Crippen LogP contribution in [0.3, 0.4) is 0 Å². The van der Waals surface area contributed by atoms with Gasteiger partial charge in [0.25, 0.3) is 0 Å². The summed E-state index contributed by atoms with van der Waals surface area (Å²) in [7, 11) is 1.32. The van der Waals surface area contributed by atoms with Gasteiger partial charge < -0.3 is 10.1 Å². The van der Waals surface area contributed by atoms with Crippen molar-refractivity contribution in [1.82, 2.24) is 4.98 Å². The van der Waals surface area contributed by atoms with E-state index in [0.29, 0.717) is 24.1 Å². The highest BCUT2D eigenvalue weighted by Crippen LogP contribution is 2.12. The Bertz CT molecular complexity index is 626. The van der Waals surface area contributed by atoms with Crippen LogP contribution in [0.25, 0.3) is 0 Å². The molecule has 0 fully saturated rings. The molecule has 5 heteroatoms. The van der Waals surface area contributed by atoms with Crippen LogP contribution in [0.4, 0.5) is 5.69 Å². The fourth-order valence-electron chi connectivity index (χ4n) is 1.87. The predicted molar refractivity (Wildman–Crippen MR) is 79.0 cm³/mol. The van der Waals surface area contributed by atoms with Gasteiger partial charge in [0.2, 0.25) is 5.91 Å². The first kappa shape index (κ1) is 14.7. The molecule has 0 aliphatic rings. The molecule has 0 aliphatic heterocycles. The number of carbonyl (C=O) groups excluding carboxylic acids is 2. The highest BCUT2D eigenvalue weighted by atomic mass is 16.5. The number of nitrogens with one attached hydrogen (secondary N) is 1. The number of hydrogen-bond donors (Lipinski definition) is 1. The Labute approximate surface area is 123 Å². The molecule has 2 aromatic rings. The molecule has 0 radical (unpaired) electrons. The van der Waals surface area contributed by atoms with Crippen LogP contribution in [0, 0.1) is 0 Å². The van der Waals surface area contributed by atoms with Gasteiger partial charge in [-0.1, -0.05) is 6.07 Å². The monoisotopic (exact) mass is 284 g/mol. The van der Waals surface area contributed by atoms with E-state index in [-0.39, 0.29) is 5.91 Å². The van der Waals surface area contributed by atoms with Gasteiger partial charge in [-0.2, -0.15) is 0 Å². The molecule has 2 rings (SSSR count). The summed E-state index contributed by atoms with van der Waals surface area (Å²) in [4.78, 5) is 27.2. The van der Waals surface area contributed by atoms with Crippen molar-refractivity contribution in [3.05, 3.63) is 59.9 Å². The number of carbonyl (C=O) groups is 2. The quantitative estimate of drug-likeness (QED) is 0.856. The van der Waals surface area contributed by atoms with Crippen LogP contribution in [0.15, 0.2) is 48.8 Å². The van der Waals surface area contributed by atoms with Crippen molar-refractivity contribution in [1.29, 1.82) is 0 Å². The number of rotatable bonds is 5. The number of hydrogen-bond acceptors (Lipinski definition) is 4. The minimum Gasteiger partial charge on any atom is -0.465 e. The summed E-state index contributed by atoms with van der Waals surface area (Å²) in [5.41, 5.74) is 2.05. The minimum absolute atomic E-state index is 0.103. The summed E-state index contributed by atoms with van der Waals surface area (Å²) < 4.78 is 4.64. The summed E-state index contributed by atoms with van der Waals surface area (Å²) >= 11 is 0. The molecule has 5 nitrogen and oxygen atoms in total. The van der Waals surface area contributed by atoms with E-state index in [4.69, 9.17) is 0 Å². The Hall–Kier alpha value is -2.69. The molecule has 0 spiro atoms. The number of ether oxygens (including phenoxy) is 1. The van der Waals surface area contributed by atoms with Gasteiger partial charge in [0.1, 0.15) is 0 Å². The van der Waals surface area contributed by atoms with Gasteiger partial charge in [-0.3, -0.25) is 9.78 Å². The molecule has 0 bridgehead atoms. The normalized spacial score (nSPS) is 9.95. The first-order chi connectivity index (χ1) is 10.2. The Morgan fingerprint density at radius 2 is 1.95 bits per heavy atom. The molecule has 1 N–H and O–H groups in total. The number of pyridine rings is 1. The average Bonchev–Trinajstić information content (AvgIpc) is 2.53. The second-order valence-electron chi connectivity index (χ2n) is 4.48. The summed E-state index contributed by atoms with van der Waals surface area (Å²) in [5, 5.41) is 2.77. The van der Waals surface area contributed by atoms with Crippen LogP contribution in [0.5, 0.6) is 0 Å². The number of methoxy groups -OCH3 is 1. The highest BCUT2D eigenvalue weighted by molar-refractivity contribution is 5.94. The number of nitrogens with zero attached hydrogens (tertiary/aromatic N) is 1. The van der Waals surface area contributed by atoms with Crippen molar-refractivity contribution in [2.75, 3.05) is 12.4 Å². The second-order valence-corrected chi connectivity index (χ2v) is 4.48. The lowest BCUT2D eigenvalue weighted by molar-refractivity contribution is -0.116. The molecule has 0 atom stereocenters. The van der Waals surface area contributed by atoms with Gasteiger partial charge in [-0.25, -0.2) is 4.79 Å². The topological polar surface area (TPSA) is 68.3 Å². The molecule has 0 aliphatic carbocycles. The minimum atomic E-state index is -0.428. The van der Waals surface area contributed by atoms with Gasteiger partial charge in [-0.05, 0) is 42.3 Å². The second kappa shape index (κ2) is 7.19. The third kappa shape index (κ3) is 4.42. The van der Waals surface area contributed by atoms with E-state index in [2.05, 4.69) is 15.0 Å². The Morgan fingerprint density at radius 3 is 2.67 bits per heavy atom. The van der Waals surface area contributed by atoms with Crippen molar-refractivity contribution < 1.29 is 14.3 Å². The standard InChI is InChI=1S/C16H16N2O3/c1-21-16(20)13-3-2-4-14(11-13)18-15(19)6-5-12-7-9-17-10-8-12/h2-4,7-11H,5-6H2,1H3,(H,18,19). The maximum Gasteiger partial charge on any atom is 0.337 e. The smallest absolute Gasteiger partial charge is 0.337 e. The number of anilines is 1. The SMILES string of the molecule is COC(=O)c1cccc(NC(=O)CCc2ccncc2)c1. The van der Waals surface area contributed by atoms with E-state index in [1.165, 1.54) is 7.11 Å². The highest BCUT2D eigenvalue weighted by Gasteiger charge is 2.08. The molecule has 0 unspecified atom stereocenters. The molecule has 108 valence electrons. The maximum absolute atomic E-state index is 11.9. The first-order valence-corrected chi connectivity index (χ1v) is 6.56. The van der Waals surface area contributed by atoms with E-state index < -0.39 is 5.97 Å². The van der Waals surface area contributed by atoms with E-state index in [1.807, 2.05) is 12.1 Å². The van der Waals surface area contributed by atoms with Crippen molar-refractivity contribution in [2.24, 2.45) is 0 Å². The Morgan fingerprint density at radius 1 is 1.19 bits per heavy atom.